The molecule has 2 N–H and O–H groups in total. The maximum absolute atomic E-state index is 12.5. The zero-order chi connectivity index (χ0) is 16.0. The topological polar surface area (TPSA) is 67.4 Å². The molecule has 0 aromatic rings. The second-order valence-electron chi connectivity index (χ2n) is 4.96. The van der Waals surface area contributed by atoms with Crippen LogP contribution < -0.4 is 10.6 Å². The van der Waals surface area contributed by atoms with Crippen LogP contribution in [-0.2, 0) is 9.53 Å². The van der Waals surface area contributed by atoms with Crippen LogP contribution in [0, 0.1) is 0 Å². The summed E-state index contributed by atoms with van der Waals surface area (Å²) in [6, 6.07) is 0. The number of nitrogens with one attached hydrogen (secondary N) is 2. The molecule has 2 amide bonds. The first-order valence-corrected chi connectivity index (χ1v) is 5.88. The SMILES string of the molecule is CC(C)(C)OC(=O)NCCCNC(=O)C(F)(F)C(F)F. The van der Waals surface area contributed by atoms with Gasteiger partial charge < -0.3 is 15.4 Å². The maximum Gasteiger partial charge on any atom is 0.407 e. The van der Waals surface area contributed by atoms with Gasteiger partial charge in [0.15, 0.2) is 0 Å². The van der Waals surface area contributed by atoms with Gasteiger partial charge in [-0.3, -0.25) is 4.79 Å². The second kappa shape index (κ2) is 7.30. The monoisotopic (exact) mass is 302 g/mol. The summed E-state index contributed by atoms with van der Waals surface area (Å²) >= 11 is 0. The standard InChI is InChI=1S/C11H18F4N2O3/c1-10(2,3)20-9(19)17-6-4-5-16-8(18)11(14,15)7(12)13/h7H,4-6H2,1-3H3,(H,16,18)(H,17,19). The minimum atomic E-state index is -4.71. The number of rotatable bonds is 6. The van der Waals surface area contributed by atoms with Crippen LogP contribution in [-0.4, -0.2) is 43.0 Å². The first-order valence-electron chi connectivity index (χ1n) is 5.88. The number of amides is 2. The van der Waals surface area contributed by atoms with Crippen molar-refractivity contribution in [1.29, 1.82) is 0 Å². The Hall–Kier alpha value is -1.54. The van der Waals surface area contributed by atoms with Gasteiger partial charge in [-0.25, -0.2) is 13.6 Å². The van der Waals surface area contributed by atoms with Crippen LogP contribution in [0.25, 0.3) is 0 Å². The lowest BCUT2D eigenvalue weighted by Gasteiger charge is -2.19. The van der Waals surface area contributed by atoms with E-state index in [0.717, 1.165) is 0 Å². The molecular formula is C11H18F4N2O3. The van der Waals surface area contributed by atoms with E-state index in [9.17, 15) is 27.2 Å². The average Bonchev–Trinajstić information content (AvgIpc) is 2.25. The number of halogens is 4. The van der Waals surface area contributed by atoms with Crippen molar-refractivity contribution in [1.82, 2.24) is 10.6 Å². The lowest BCUT2D eigenvalue weighted by Crippen LogP contribution is -2.45. The molecular weight excluding hydrogens is 284 g/mol. The minimum Gasteiger partial charge on any atom is -0.444 e. The average molecular weight is 302 g/mol. The van der Waals surface area contributed by atoms with Gasteiger partial charge in [-0.15, -0.1) is 0 Å². The van der Waals surface area contributed by atoms with E-state index in [-0.39, 0.29) is 19.5 Å². The van der Waals surface area contributed by atoms with E-state index in [4.69, 9.17) is 4.74 Å². The smallest absolute Gasteiger partial charge is 0.407 e. The summed E-state index contributed by atoms with van der Waals surface area (Å²) < 4.78 is 53.6. The van der Waals surface area contributed by atoms with Crippen molar-refractivity contribution < 1.29 is 31.9 Å². The summed E-state index contributed by atoms with van der Waals surface area (Å²) in [5.74, 6) is -6.75. The zero-order valence-corrected chi connectivity index (χ0v) is 11.4. The van der Waals surface area contributed by atoms with Crippen molar-refractivity contribution in [2.75, 3.05) is 13.1 Å². The van der Waals surface area contributed by atoms with Crippen molar-refractivity contribution in [2.45, 2.75) is 45.1 Å². The van der Waals surface area contributed by atoms with Crippen LogP contribution in [0.15, 0.2) is 0 Å². The molecule has 0 rings (SSSR count). The Morgan fingerprint density at radius 2 is 1.60 bits per heavy atom. The zero-order valence-electron chi connectivity index (χ0n) is 11.4. The van der Waals surface area contributed by atoms with Crippen LogP contribution in [0.4, 0.5) is 22.4 Å². The van der Waals surface area contributed by atoms with E-state index in [0.29, 0.717) is 0 Å². The van der Waals surface area contributed by atoms with Crippen molar-refractivity contribution >= 4 is 12.0 Å². The minimum absolute atomic E-state index is 0.0510. The highest BCUT2D eigenvalue weighted by Gasteiger charge is 2.48. The van der Waals surface area contributed by atoms with Crippen LogP contribution in [0.1, 0.15) is 27.2 Å². The van der Waals surface area contributed by atoms with Crippen molar-refractivity contribution in [2.24, 2.45) is 0 Å². The molecule has 9 heteroatoms. The van der Waals surface area contributed by atoms with Crippen LogP contribution in [0.5, 0.6) is 0 Å². The second-order valence-corrected chi connectivity index (χ2v) is 4.96. The molecule has 5 nitrogen and oxygen atoms in total. The van der Waals surface area contributed by atoms with Crippen molar-refractivity contribution in [3.8, 4) is 0 Å². The highest BCUT2D eigenvalue weighted by molar-refractivity contribution is 5.83. The van der Waals surface area contributed by atoms with Crippen LogP contribution >= 0.6 is 0 Å². The maximum atomic E-state index is 12.5. The third-order valence-electron chi connectivity index (χ3n) is 1.88. The molecule has 0 aliphatic carbocycles. The van der Waals surface area contributed by atoms with Gasteiger partial charge in [-0.2, -0.15) is 8.78 Å². The van der Waals surface area contributed by atoms with E-state index >= 15 is 0 Å². The Morgan fingerprint density at radius 3 is 2.05 bits per heavy atom. The molecule has 0 atom stereocenters. The van der Waals surface area contributed by atoms with Gasteiger partial charge in [-0.1, -0.05) is 0 Å². The summed E-state index contributed by atoms with van der Waals surface area (Å²) in [7, 11) is 0. The fraction of sp³-hybridized carbons (Fsp3) is 0.818. The van der Waals surface area contributed by atoms with E-state index < -0.39 is 29.9 Å². The van der Waals surface area contributed by atoms with E-state index in [1.54, 1.807) is 26.1 Å². The van der Waals surface area contributed by atoms with Gasteiger partial charge in [-0.05, 0) is 27.2 Å². The molecule has 0 heterocycles. The Labute approximate surface area is 114 Å². The summed E-state index contributed by atoms with van der Waals surface area (Å²) in [4.78, 5) is 21.9. The molecule has 0 fully saturated rings. The summed E-state index contributed by atoms with van der Waals surface area (Å²) in [5.41, 5.74) is -0.669. The Bertz CT molecular complexity index is 343. The number of alkyl halides is 4. The van der Waals surface area contributed by atoms with Gasteiger partial charge in [0, 0.05) is 13.1 Å². The quantitative estimate of drug-likeness (QED) is 0.582. The largest absolute Gasteiger partial charge is 0.444 e. The number of carbonyl (C=O) groups is 2. The normalized spacial score (nSPS) is 12.2. The van der Waals surface area contributed by atoms with E-state index in [1.165, 1.54) is 0 Å². The lowest BCUT2D eigenvalue weighted by atomic mass is 10.2. The molecule has 0 aliphatic rings. The molecule has 0 bridgehead atoms. The van der Waals surface area contributed by atoms with Crippen molar-refractivity contribution in [3.05, 3.63) is 0 Å². The number of hydrogen-bond acceptors (Lipinski definition) is 3. The first-order chi connectivity index (χ1) is 8.97. The molecule has 0 aromatic heterocycles. The highest BCUT2D eigenvalue weighted by Crippen LogP contribution is 2.22. The van der Waals surface area contributed by atoms with Gasteiger partial charge in [0.25, 0.3) is 5.91 Å². The number of carbonyl (C=O) groups excluding carboxylic acids is 2. The highest BCUT2D eigenvalue weighted by atomic mass is 19.3. The summed E-state index contributed by atoms with van der Waals surface area (Å²) in [6.45, 7) is 4.78. The molecule has 0 spiro atoms. The molecule has 0 saturated heterocycles. The molecule has 118 valence electrons. The summed E-state index contributed by atoms with van der Waals surface area (Å²) in [6.07, 6.45) is -4.64. The molecule has 0 aromatic carbocycles. The number of alkyl carbamates (subject to hydrolysis) is 1. The number of hydrogen-bond donors (Lipinski definition) is 2. The Kier molecular flexibility index (Phi) is 6.74. The predicted octanol–water partition coefficient (Wildman–Crippen LogP) is 1.92. The Balaban J connectivity index is 3.83. The Morgan fingerprint density at radius 1 is 1.10 bits per heavy atom. The fourth-order valence-corrected chi connectivity index (χ4v) is 1.01. The molecule has 20 heavy (non-hydrogen) atoms. The van der Waals surface area contributed by atoms with Gasteiger partial charge in [0.2, 0.25) is 0 Å². The predicted molar refractivity (Wildman–Crippen MR) is 62.8 cm³/mol. The third kappa shape index (κ3) is 7.15. The molecule has 0 saturated carbocycles. The van der Waals surface area contributed by atoms with Gasteiger partial charge in [0.05, 0.1) is 0 Å². The molecule has 0 radical (unpaired) electrons. The molecule has 0 unspecified atom stereocenters. The van der Waals surface area contributed by atoms with E-state index in [2.05, 4.69) is 5.32 Å². The van der Waals surface area contributed by atoms with Crippen LogP contribution in [0.3, 0.4) is 0 Å². The third-order valence-corrected chi connectivity index (χ3v) is 1.88. The van der Waals surface area contributed by atoms with Gasteiger partial charge in [0.1, 0.15) is 5.60 Å². The van der Waals surface area contributed by atoms with E-state index in [1.807, 2.05) is 0 Å². The van der Waals surface area contributed by atoms with Crippen LogP contribution in [0.2, 0.25) is 0 Å². The first kappa shape index (κ1) is 18.5. The summed E-state index contributed by atoms with van der Waals surface area (Å²) in [5, 5.41) is 3.99. The fourth-order valence-electron chi connectivity index (χ4n) is 1.01. The lowest BCUT2D eigenvalue weighted by molar-refractivity contribution is -0.169. The molecule has 0 aliphatic heterocycles. The van der Waals surface area contributed by atoms with Crippen molar-refractivity contribution in [3.63, 3.8) is 0 Å². The number of ether oxygens (including phenoxy) is 1. The van der Waals surface area contributed by atoms with Gasteiger partial charge >= 0.3 is 18.4 Å².